The molecule has 4 heteroatoms. The SMILES string of the molecule is Fc1cccc(-c2[nH]ncc2C=CCBr)c1. The predicted octanol–water partition coefficient (Wildman–Crippen LogP) is 3.62. The van der Waals surface area contributed by atoms with Crippen molar-refractivity contribution in [1.29, 1.82) is 0 Å². The predicted molar refractivity (Wildman–Crippen MR) is 66.8 cm³/mol. The molecule has 0 saturated carbocycles. The highest BCUT2D eigenvalue weighted by Gasteiger charge is 2.05. The van der Waals surface area contributed by atoms with Crippen molar-refractivity contribution in [3.8, 4) is 11.3 Å². The van der Waals surface area contributed by atoms with Crippen LogP contribution in [0, 0.1) is 5.82 Å². The number of nitrogens with one attached hydrogen (secondary N) is 1. The lowest BCUT2D eigenvalue weighted by atomic mass is 10.1. The molecule has 1 aromatic carbocycles. The van der Waals surface area contributed by atoms with Crippen LogP contribution < -0.4 is 0 Å². The average molecular weight is 281 g/mol. The molecule has 1 aromatic heterocycles. The maximum Gasteiger partial charge on any atom is 0.123 e. The van der Waals surface area contributed by atoms with Gasteiger partial charge < -0.3 is 0 Å². The molecule has 0 radical (unpaired) electrons. The zero-order valence-corrected chi connectivity index (χ0v) is 10.0. The van der Waals surface area contributed by atoms with Crippen molar-refractivity contribution in [2.75, 3.05) is 5.33 Å². The highest BCUT2D eigenvalue weighted by molar-refractivity contribution is 9.09. The van der Waals surface area contributed by atoms with E-state index < -0.39 is 0 Å². The minimum atomic E-state index is -0.248. The fourth-order valence-corrected chi connectivity index (χ4v) is 1.66. The number of rotatable bonds is 3. The van der Waals surface area contributed by atoms with E-state index in [0.29, 0.717) is 0 Å². The van der Waals surface area contributed by atoms with Gasteiger partial charge in [-0.3, -0.25) is 5.10 Å². The first kappa shape index (κ1) is 11.1. The number of nitrogens with zero attached hydrogens (tertiary/aromatic N) is 1. The fraction of sp³-hybridized carbons (Fsp3) is 0.0833. The maximum absolute atomic E-state index is 13.1. The van der Waals surface area contributed by atoms with Crippen LogP contribution in [0.5, 0.6) is 0 Å². The molecule has 16 heavy (non-hydrogen) atoms. The molecule has 2 rings (SSSR count). The summed E-state index contributed by atoms with van der Waals surface area (Å²) < 4.78 is 13.1. The van der Waals surface area contributed by atoms with E-state index in [4.69, 9.17) is 0 Å². The van der Waals surface area contributed by atoms with E-state index in [1.165, 1.54) is 12.1 Å². The van der Waals surface area contributed by atoms with E-state index >= 15 is 0 Å². The smallest absolute Gasteiger partial charge is 0.123 e. The third kappa shape index (κ3) is 2.39. The third-order valence-corrected chi connectivity index (χ3v) is 2.54. The molecule has 0 aliphatic rings. The summed E-state index contributed by atoms with van der Waals surface area (Å²) in [4.78, 5) is 0. The van der Waals surface area contributed by atoms with Gasteiger partial charge in [-0.25, -0.2) is 4.39 Å². The van der Waals surface area contributed by atoms with Gasteiger partial charge in [-0.2, -0.15) is 5.10 Å². The number of alkyl halides is 1. The molecular formula is C12H10BrFN2. The van der Waals surface area contributed by atoms with Crippen LogP contribution in [0.25, 0.3) is 17.3 Å². The lowest BCUT2D eigenvalue weighted by molar-refractivity contribution is 0.628. The Hall–Kier alpha value is -1.42. The first-order valence-electron chi connectivity index (χ1n) is 4.83. The molecular weight excluding hydrogens is 271 g/mol. The van der Waals surface area contributed by atoms with Gasteiger partial charge in [0, 0.05) is 16.5 Å². The second-order valence-corrected chi connectivity index (χ2v) is 3.91. The zero-order chi connectivity index (χ0) is 11.4. The van der Waals surface area contributed by atoms with E-state index in [1.54, 1.807) is 12.3 Å². The number of benzene rings is 1. The van der Waals surface area contributed by atoms with Crippen LogP contribution in [0.4, 0.5) is 4.39 Å². The molecule has 0 bridgehead atoms. The molecule has 0 aliphatic heterocycles. The summed E-state index contributed by atoms with van der Waals surface area (Å²) in [6.07, 6.45) is 5.63. The van der Waals surface area contributed by atoms with Crippen LogP contribution >= 0.6 is 15.9 Å². The van der Waals surface area contributed by atoms with E-state index in [9.17, 15) is 4.39 Å². The van der Waals surface area contributed by atoms with Crippen molar-refractivity contribution < 1.29 is 4.39 Å². The summed E-state index contributed by atoms with van der Waals surface area (Å²) in [6.45, 7) is 0. The van der Waals surface area contributed by atoms with E-state index in [1.807, 2.05) is 18.2 Å². The monoisotopic (exact) mass is 280 g/mol. The lowest BCUT2D eigenvalue weighted by Gasteiger charge is -1.99. The Labute approximate surface area is 101 Å². The highest BCUT2D eigenvalue weighted by atomic mass is 79.9. The van der Waals surface area contributed by atoms with Crippen molar-refractivity contribution in [2.24, 2.45) is 0 Å². The maximum atomic E-state index is 13.1. The van der Waals surface area contributed by atoms with Gasteiger partial charge >= 0.3 is 0 Å². The molecule has 82 valence electrons. The Morgan fingerprint density at radius 3 is 3.06 bits per heavy atom. The van der Waals surface area contributed by atoms with E-state index in [0.717, 1.165) is 22.2 Å². The Kier molecular flexibility index (Phi) is 3.51. The molecule has 0 aliphatic carbocycles. The minimum absolute atomic E-state index is 0.248. The zero-order valence-electron chi connectivity index (χ0n) is 8.45. The van der Waals surface area contributed by atoms with Gasteiger partial charge in [0.2, 0.25) is 0 Å². The van der Waals surface area contributed by atoms with Crippen LogP contribution in [0.2, 0.25) is 0 Å². The molecule has 0 saturated heterocycles. The van der Waals surface area contributed by atoms with Crippen molar-refractivity contribution in [3.63, 3.8) is 0 Å². The Morgan fingerprint density at radius 1 is 1.44 bits per heavy atom. The lowest BCUT2D eigenvalue weighted by Crippen LogP contribution is -1.82. The van der Waals surface area contributed by atoms with Gasteiger partial charge in [0.25, 0.3) is 0 Å². The van der Waals surface area contributed by atoms with Crippen LogP contribution in [-0.4, -0.2) is 15.5 Å². The molecule has 1 N–H and O–H groups in total. The fourth-order valence-electron chi connectivity index (χ4n) is 1.47. The van der Waals surface area contributed by atoms with Crippen molar-refractivity contribution in [3.05, 3.63) is 47.9 Å². The van der Waals surface area contributed by atoms with Crippen molar-refractivity contribution in [1.82, 2.24) is 10.2 Å². The number of hydrogen-bond acceptors (Lipinski definition) is 1. The van der Waals surface area contributed by atoms with Gasteiger partial charge in [0.05, 0.1) is 11.9 Å². The van der Waals surface area contributed by atoms with E-state index in [-0.39, 0.29) is 5.82 Å². The summed E-state index contributed by atoms with van der Waals surface area (Å²) in [7, 11) is 0. The molecule has 2 aromatic rings. The molecule has 0 fully saturated rings. The molecule has 0 amide bonds. The summed E-state index contributed by atoms with van der Waals surface area (Å²) in [5.74, 6) is -0.248. The first-order chi connectivity index (χ1) is 7.81. The highest BCUT2D eigenvalue weighted by Crippen LogP contribution is 2.22. The second kappa shape index (κ2) is 5.07. The summed E-state index contributed by atoms with van der Waals surface area (Å²) in [5, 5.41) is 7.62. The molecule has 0 atom stereocenters. The number of aromatic nitrogens is 2. The first-order valence-corrected chi connectivity index (χ1v) is 5.95. The normalized spacial score (nSPS) is 11.1. The third-order valence-electron chi connectivity index (χ3n) is 2.17. The quantitative estimate of drug-likeness (QED) is 0.855. The summed E-state index contributed by atoms with van der Waals surface area (Å²) >= 11 is 3.31. The molecule has 0 spiro atoms. The number of H-pyrrole nitrogens is 1. The van der Waals surface area contributed by atoms with Crippen LogP contribution in [-0.2, 0) is 0 Å². The number of halogens is 2. The van der Waals surface area contributed by atoms with Gasteiger partial charge in [-0.05, 0) is 12.1 Å². The summed E-state index contributed by atoms with van der Waals surface area (Å²) in [6, 6.07) is 6.44. The summed E-state index contributed by atoms with van der Waals surface area (Å²) in [5.41, 5.74) is 2.58. The Balaban J connectivity index is 2.40. The van der Waals surface area contributed by atoms with E-state index in [2.05, 4.69) is 26.1 Å². The Morgan fingerprint density at radius 2 is 2.31 bits per heavy atom. The van der Waals surface area contributed by atoms with Gasteiger partial charge in [-0.15, -0.1) is 0 Å². The second-order valence-electron chi connectivity index (χ2n) is 3.27. The number of hydrogen-bond donors (Lipinski definition) is 1. The topological polar surface area (TPSA) is 28.7 Å². The van der Waals surface area contributed by atoms with Crippen LogP contribution in [0.1, 0.15) is 5.56 Å². The standard InChI is InChI=1S/C12H10BrFN2/c13-6-2-4-10-8-15-16-12(10)9-3-1-5-11(14)7-9/h1-5,7-8H,6H2,(H,15,16). The van der Waals surface area contributed by atoms with Crippen LogP contribution in [0.3, 0.4) is 0 Å². The molecule has 2 nitrogen and oxygen atoms in total. The van der Waals surface area contributed by atoms with Crippen molar-refractivity contribution >= 4 is 22.0 Å². The molecule has 0 unspecified atom stereocenters. The van der Waals surface area contributed by atoms with Gasteiger partial charge in [-0.1, -0.05) is 40.2 Å². The van der Waals surface area contributed by atoms with Gasteiger partial charge in [0.15, 0.2) is 0 Å². The molecule has 1 heterocycles. The van der Waals surface area contributed by atoms with Crippen LogP contribution in [0.15, 0.2) is 36.5 Å². The number of allylic oxidation sites excluding steroid dienone is 1. The number of aromatic amines is 1. The average Bonchev–Trinajstić information content (AvgIpc) is 2.74. The largest absolute Gasteiger partial charge is 0.277 e. The van der Waals surface area contributed by atoms with Gasteiger partial charge in [0.1, 0.15) is 5.82 Å². The Bertz CT molecular complexity index is 505. The van der Waals surface area contributed by atoms with Crippen molar-refractivity contribution in [2.45, 2.75) is 0 Å². The minimum Gasteiger partial charge on any atom is -0.277 e.